The Morgan fingerprint density at radius 3 is 2.61 bits per heavy atom. The number of tetrazole rings is 1. The van der Waals surface area contributed by atoms with E-state index in [9.17, 15) is 13.2 Å². The van der Waals surface area contributed by atoms with Crippen LogP contribution in [0.4, 0.5) is 13.2 Å². The highest BCUT2D eigenvalue weighted by atomic mass is 79.9. The normalized spacial score (nSPS) is 11.6. The maximum Gasteiger partial charge on any atom is 0.453 e. The van der Waals surface area contributed by atoms with E-state index >= 15 is 0 Å². The number of hydrogen-bond acceptors (Lipinski definition) is 4. The van der Waals surface area contributed by atoms with Crippen molar-refractivity contribution in [2.75, 3.05) is 7.11 Å². The van der Waals surface area contributed by atoms with Crippen molar-refractivity contribution in [3.05, 3.63) is 28.5 Å². The molecule has 1 aromatic heterocycles. The molecule has 0 saturated heterocycles. The number of hydrogen-bond donors (Lipinski definition) is 0. The minimum Gasteiger partial charge on any atom is -0.496 e. The minimum absolute atomic E-state index is 0.181. The number of nitrogens with zero attached hydrogens (tertiary/aromatic N) is 4. The molecule has 9 heteroatoms. The van der Waals surface area contributed by atoms with Gasteiger partial charge in [-0.25, -0.2) is 0 Å². The van der Waals surface area contributed by atoms with Crippen LogP contribution in [-0.4, -0.2) is 27.3 Å². The molecule has 0 unspecified atom stereocenters. The summed E-state index contributed by atoms with van der Waals surface area (Å²) in [4.78, 5) is 0. The average molecular weight is 323 g/mol. The van der Waals surface area contributed by atoms with Gasteiger partial charge in [-0.2, -0.15) is 17.9 Å². The maximum absolute atomic E-state index is 12.6. The predicted molar refractivity (Wildman–Crippen MR) is 58.4 cm³/mol. The fourth-order valence-corrected chi connectivity index (χ4v) is 1.85. The first-order valence-electron chi connectivity index (χ1n) is 4.63. The molecule has 0 aliphatic rings. The molecule has 0 radical (unpaired) electrons. The third-order valence-corrected chi connectivity index (χ3v) is 2.72. The Morgan fingerprint density at radius 1 is 1.33 bits per heavy atom. The molecule has 0 saturated carbocycles. The van der Waals surface area contributed by atoms with E-state index in [0.29, 0.717) is 14.9 Å². The first-order chi connectivity index (χ1) is 8.43. The second-order valence-corrected chi connectivity index (χ2v) is 4.09. The summed E-state index contributed by atoms with van der Waals surface area (Å²) in [6.07, 6.45) is -4.62. The van der Waals surface area contributed by atoms with Gasteiger partial charge in [-0.15, -0.1) is 5.10 Å². The minimum atomic E-state index is -4.62. The fraction of sp³-hybridized carbons (Fsp3) is 0.222. The second-order valence-electron chi connectivity index (χ2n) is 3.23. The molecule has 0 amide bonds. The van der Waals surface area contributed by atoms with E-state index < -0.39 is 12.0 Å². The monoisotopic (exact) mass is 322 g/mol. The fourth-order valence-electron chi connectivity index (χ4n) is 1.32. The van der Waals surface area contributed by atoms with Crippen molar-refractivity contribution in [3.8, 4) is 11.4 Å². The number of halogens is 4. The SMILES string of the molecule is COc1ccc(-n2nnnc2C(F)(F)F)cc1Br. The van der Waals surface area contributed by atoms with Gasteiger partial charge in [0.05, 0.1) is 17.3 Å². The van der Waals surface area contributed by atoms with E-state index in [-0.39, 0.29) is 5.69 Å². The summed E-state index contributed by atoms with van der Waals surface area (Å²) in [5.74, 6) is -0.681. The summed E-state index contributed by atoms with van der Waals surface area (Å²) in [6.45, 7) is 0. The Kier molecular flexibility index (Phi) is 3.24. The smallest absolute Gasteiger partial charge is 0.453 e. The third kappa shape index (κ3) is 2.30. The largest absolute Gasteiger partial charge is 0.496 e. The zero-order valence-corrected chi connectivity index (χ0v) is 10.5. The topological polar surface area (TPSA) is 52.8 Å². The van der Waals surface area contributed by atoms with Crippen molar-refractivity contribution >= 4 is 15.9 Å². The number of methoxy groups -OCH3 is 1. The molecule has 0 atom stereocenters. The highest BCUT2D eigenvalue weighted by Gasteiger charge is 2.38. The van der Waals surface area contributed by atoms with Crippen LogP contribution in [0.2, 0.25) is 0 Å². The van der Waals surface area contributed by atoms with Crippen LogP contribution >= 0.6 is 15.9 Å². The standard InChI is InChI=1S/C9H6BrF3N4O/c1-18-7-3-2-5(4-6(7)10)17-8(9(11,12)13)14-15-16-17/h2-4H,1H3. The Hall–Kier alpha value is -1.64. The predicted octanol–water partition coefficient (Wildman–Crippen LogP) is 2.45. The Morgan fingerprint density at radius 2 is 2.06 bits per heavy atom. The summed E-state index contributed by atoms with van der Waals surface area (Å²) in [5, 5.41) is 9.32. The lowest BCUT2D eigenvalue weighted by Gasteiger charge is -2.09. The zero-order valence-electron chi connectivity index (χ0n) is 8.94. The van der Waals surface area contributed by atoms with Crippen molar-refractivity contribution in [2.24, 2.45) is 0 Å². The van der Waals surface area contributed by atoms with Gasteiger partial charge in [-0.05, 0) is 44.6 Å². The molecule has 0 N–H and O–H groups in total. The molecule has 0 fully saturated rings. The first-order valence-corrected chi connectivity index (χ1v) is 5.42. The molecule has 2 aromatic rings. The van der Waals surface area contributed by atoms with Gasteiger partial charge in [0.2, 0.25) is 0 Å². The number of aromatic nitrogens is 4. The Balaban J connectivity index is 2.50. The molecule has 0 aliphatic carbocycles. The van der Waals surface area contributed by atoms with E-state index in [1.54, 1.807) is 0 Å². The van der Waals surface area contributed by atoms with Crippen molar-refractivity contribution in [2.45, 2.75) is 6.18 Å². The molecule has 0 aliphatic heterocycles. The molecule has 2 rings (SSSR count). The summed E-state index contributed by atoms with van der Waals surface area (Å²) >= 11 is 3.18. The highest BCUT2D eigenvalue weighted by molar-refractivity contribution is 9.10. The van der Waals surface area contributed by atoms with Crippen LogP contribution in [0.15, 0.2) is 22.7 Å². The number of rotatable bonds is 2. The lowest BCUT2D eigenvalue weighted by atomic mass is 10.3. The highest BCUT2D eigenvalue weighted by Crippen LogP contribution is 2.31. The first kappa shape index (κ1) is 12.8. The van der Waals surface area contributed by atoms with Crippen LogP contribution in [0.3, 0.4) is 0 Å². The van der Waals surface area contributed by atoms with Gasteiger partial charge in [0.15, 0.2) is 0 Å². The van der Waals surface area contributed by atoms with Gasteiger partial charge in [-0.1, -0.05) is 0 Å². The number of ether oxygens (including phenoxy) is 1. The number of benzene rings is 1. The van der Waals surface area contributed by atoms with Gasteiger partial charge in [0.1, 0.15) is 5.75 Å². The summed E-state index contributed by atoms with van der Waals surface area (Å²) in [7, 11) is 1.46. The lowest BCUT2D eigenvalue weighted by Crippen LogP contribution is -2.14. The van der Waals surface area contributed by atoms with Crippen molar-refractivity contribution in [3.63, 3.8) is 0 Å². The van der Waals surface area contributed by atoms with Gasteiger partial charge in [-0.3, -0.25) is 0 Å². The molecular formula is C9H6BrF3N4O. The summed E-state index contributed by atoms with van der Waals surface area (Å²) in [5.41, 5.74) is 0.181. The van der Waals surface area contributed by atoms with Gasteiger partial charge in [0, 0.05) is 0 Å². The van der Waals surface area contributed by atoms with Crippen LogP contribution in [0.25, 0.3) is 5.69 Å². The second kappa shape index (κ2) is 4.56. The van der Waals surface area contributed by atoms with Gasteiger partial charge in [0.25, 0.3) is 5.82 Å². The molecule has 1 aromatic carbocycles. The van der Waals surface area contributed by atoms with Crippen LogP contribution < -0.4 is 4.74 Å². The average Bonchev–Trinajstić information content (AvgIpc) is 2.77. The van der Waals surface area contributed by atoms with Crippen LogP contribution in [-0.2, 0) is 6.18 Å². The zero-order chi connectivity index (χ0) is 13.3. The molecule has 5 nitrogen and oxygen atoms in total. The molecular weight excluding hydrogens is 317 g/mol. The van der Waals surface area contributed by atoms with Crippen LogP contribution in [0.1, 0.15) is 5.82 Å². The molecule has 1 heterocycles. The van der Waals surface area contributed by atoms with Crippen molar-refractivity contribution in [1.82, 2.24) is 20.2 Å². The van der Waals surface area contributed by atoms with Gasteiger partial charge < -0.3 is 4.74 Å². The van der Waals surface area contributed by atoms with E-state index in [0.717, 1.165) is 0 Å². The molecule has 96 valence electrons. The van der Waals surface area contributed by atoms with Gasteiger partial charge >= 0.3 is 6.18 Å². The number of alkyl halides is 3. The Labute approximate surface area is 108 Å². The maximum atomic E-state index is 12.6. The summed E-state index contributed by atoms with van der Waals surface area (Å²) in [6, 6.07) is 4.38. The molecule has 18 heavy (non-hydrogen) atoms. The van der Waals surface area contributed by atoms with Crippen molar-refractivity contribution < 1.29 is 17.9 Å². The Bertz CT molecular complexity index is 569. The third-order valence-electron chi connectivity index (χ3n) is 2.10. The molecule has 0 bridgehead atoms. The summed E-state index contributed by atoms with van der Waals surface area (Å²) < 4.78 is 43.9. The van der Waals surface area contributed by atoms with Crippen molar-refractivity contribution in [1.29, 1.82) is 0 Å². The van der Waals surface area contributed by atoms with E-state index in [1.807, 2.05) is 0 Å². The van der Waals surface area contributed by atoms with E-state index in [2.05, 4.69) is 31.5 Å². The molecule has 0 spiro atoms. The van der Waals surface area contributed by atoms with Crippen LogP contribution in [0, 0.1) is 0 Å². The van der Waals surface area contributed by atoms with E-state index in [1.165, 1.54) is 25.3 Å². The quantitative estimate of drug-likeness (QED) is 0.852. The van der Waals surface area contributed by atoms with E-state index in [4.69, 9.17) is 4.74 Å². The van der Waals surface area contributed by atoms with Crippen LogP contribution in [0.5, 0.6) is 5.75 Å². The lowest BCUT2D eigenvalue weighted by molar-refractivity contribution is -0.146.